The largest absolute Gasteiger partial charge is 0.497 e. The van der Waals surface area contributed by atoms with Crippen molar-refractivity contribution in [3.63, 3.8) is 0 Å². The molecule has 0 aliphatic heterocycles. The second-order valence-electron chi connectivity index (χ2n) is 9.23. The molecule has 0 saturated heterocycles. The molecule has 2 saturated carbocycles. The van der Waals surface area contributed by atoms with Crippen molar-refractivity contribution in [3.05, 3.63) is 64.4 Å². The van der Waals surface area contributed by atoms with Crippen LogP contribution in [-0.4, -0.2) is 35.7 Å². The highest BCUT2D eigenvalue weighted by Crippen LogP contribution is 2.56. The van der Waals surface area contributed by atoms with Crippen molar-refractivity contribution in [1.82, 2.24) is 14.7 Å². The van der Waals surface area contributed by atoms with E-state index in [4.69, 9.17) is 21.1 Å². The monoisotopic (exact) mass is 484 g/mol. The Morgan fingerprint density at radius 1 is 1.03 bits per heavy atom. The van der Waals surface area contributed by atoms with Crippen LogP contribution < -0.4 is 20.1 Å². The van der Waals surface area contributed by atoms with Gasteiger partial charge in [0.05, 0.1) is 14.2 Å². The Morgan fingerprint density at radius 2 is 1.79 bits per heavy atom. The molecule has 5 rings (SSSR count). The molecule has 1 aromatic heterocycles. The maximum Gasteiger partial charge on any atom is 0.202 e. The van der Waals surface area contributed by atoms with Gasteiger partial charge in [0.25, 0.3) is 0 Å². The number of aromatic nitrogens is 2. The van der Waals surface area contributed by atoms with Gasteiger partial charge in [0.1, 0.15) is 17.3 Å². The predicted octanol–water partition coefficient (Wildman–Crippen LogP) is 5.31. The zero-order valence-corrected chi connectivity index (χ0v) is 20.5. The van der Waals surface area contributed by atoms with Gasteiger partial charge in [-0.25, -0.2) is 4.98 Å². The second-order valence-corrected chi connectivity index (χ2v) is 10.4. The molecule has 0 radical (unpaired) electrons. The molecule has 2 aliphatic rings. The SMILES string of the molecule is COc1ccc(CNC2CC3(C2)CC(Nc2nc(Cc4ccc(Cl)cc4)ns2)C3)c(OC)c1. The highest BCUT2D eigenvalue weighted by atomic mass is 35.5. The van der Waals surface area contributed by atoms with Gasteiger partial charge in [-0.2, -0.15) is 4.37 Å². The first-order valence-electron chi connectivity index (χ1n) is 11.3. The molecule has 3 aromatic rings. The van der Waals surface area contributed by atoms with E-state index < -0.39 is 0 Å². The zero-order chi connectivity index (χ0) is 22.8. The van der Waals surface area contributed by atoms with Gasteiger partial charge in [-0.1, -0.05) is 29.8 Å². The lowest BCUT2D eigenvalue weighted by atomic mass is 9.52. The minimum atomic E-state index is 0.496. The summed E-state index contributed by atoms with van der Waals surface area (Å²) in [5, 5.41) is 8.97. The van der Waals surface area contributed by atoms with Gasteiger partial charge in [0, 0.05) is 53.2 Å². The molecule has 2 fully saturated rings. The molecule has 8 heteroatoms. The Kier molecular flexibility index (Phi) is 6.45. The van der Waals surface area contributed by atoms with Gasteiger partial charge in [-0.3, -0.25) is 0 Å². The Balaban J connectivity index is 1.05. The summed E-state index contributed by atoms with van der Waals surface area (Å²) in [5.74, 6) is 2.55. The highest BCUT2D eigenvalue weighted by molar-refractivity contribution is 7.09. The van der Waals surface area contributed by atoms with Crippen LogP contribution in [0, 0.1) is 5.41 Å². The number of hydrogen-bond acceptors (Lipinski definition) is 7. The molecule has 2 aromatic carbocycles. The van der Waals surface area contributed by atoms with E-state index in [1.807, 2.05) is 36.4 Å². The van der Waals surface area contributed by atoms with Gasteiger partial charge in [0.2, 0.25) is 5.13 Å². The van der Waals surface area contributed by atoms with E-state index in [2.05, 4.69) is 26.1 Å². The fourth-order valence-corrected chi connectivity index (χ4v) is 5.94. The lowest BCUT2D eigenvalue weighted by molar-refractivity contribution is -0.0126. The molecule has 0 amide bonds. The quantitative estimate of drug-likeness (QED) is 0.429. The van der Waals surface area contributed by atoms with Crippen molar-refractivity contribution in [2.24, 2.45) is 5.41 Å². The van der Waals surface area contributed by atoms with Crippen molar-refractivity contribution in [1.29, 1.82) is 0 Å². The fraction of sp³-hybridized carbons (Fsp3) is 0.440. The molecule has 2 N–H and O–H groups in total. The van der Waals surface area contributed by atoms with E-state index in [0.717, 1.165) is 46.0 Å². The summed E-state index contributed by atoms with van der Waals surface area (Å²) in [6, 6.07) is 14.9. The summed E-state index contributed by atoms with van der Waals surface area (Å²) >= 11 is 7.42. The number of ether oxygens (including phenoxy) is 2. The summed E-state index contributed by atoms with van der Waals surface area (Å²) in [6.07, 6.45) is 5.63. The molecule has 0 bridgehead atoms. The lowest BCUT2D eigenvalue weighted by Gasteiger charge is -2.58. The third-order valence-electron chi connectivity index (χ3n) is 6.86. The standard InChI is InChI=1S/C25H29ClN4O2S/c1-31-21-8-5-17(22(10-21)32-2)15-27-19-11-25(12-19)13-20(14-25)28-24-29-23(30-33-24)9-16-3-6-18(26)7-4-16/h3-8,10,19-20,27H,9,11-15H2,1-2H3,(H,28,29,30). The van der Waals surface area contributed by atoms with Crippen molar-refractivity contribution in [3.8, 4) is 11.5 Å². The minimum absolute atomic E-state index is 0.496. The summed E-state index contributed by atoms with van der Waals surface area (Å²) < 4.78 is 15.3. The van der Waals surface area contributed by atoms with Crippen LogP contribution in [0.25, 0.3) is 0 Å². The lowest BCUT2D eigenvalue weighted by Crippen LogP contribution is -2.58. The van der Waals surface area contributed by atoms with Gasteiger partial charge >= 0.3 is 0 Å². The highest BCUT2D eigenvalue weighted by Gasteiger charge is 2.52. The Bertz CT molecular complexity index is 1090. The molecule has 0 unspecified atom stereocenters. The smallest absolute Gasteiger partial charge is 0.202 e. The average molecular weight is 485 g/mol. The number of halogens is 1. The van der Waals surface area contributed by atoms with E-state index in [1.165, 1.54) is 42.8 Å². The zero-order valence-electron chi connectivity index (χ0n) is 18.9. The first kappa shape index (κ1) is 22.4. The molecular weight excluding hydrogens is 456 g/mol. The Hall–Kier alpha value is -2.35. The number of rotatable bonds is 9. The summed E-state index contributed by atoms with van der Waals surface area (Å²) in [7, 11) is 3.38. The van der Waals surface area contributed by atoms with Crippen molar-refractivity contribution < 1.29 is 9.47 Å². The third-order valence-corrected chi connectivity index (χ3v) is 7.80. The van der Waals surface area contributed by atoms with Crippen LogP contribution in [0.1, 0.15) is 42.6 Å². The van der Waals surface area contributed by atoms with E-state index in [-0.39, 0.29) is 0 Å². The van der Waals surface area contributed by atoms with Gasteiger partial charge in [-0.15, -0.1) is 0 Å². The number of nitrogens with one attached hydrogen (secondary N) is 2. The molecule has 0 atom stereocenters. The first-order valence-corrected chi connectivity index (χ1v) is 12.5. The van der Waals surface area contributed by atoms with Crippen LogP contribution in [0.15, 0.2) is 42.5 Å². The predicted molar refractivity (Wildman–Crippen MR) is 133 cm³/mol. The van der Waals surface area contributed by atoms with Gasteiger partial charge < -0.3 is 20.1 Å². The van der Waals surface area contributed by atoms with E-state index in [9.17, 15) is 0 Å². The van der Waals surface area contributed by atoms with Gasteiger partial charge in [0.15, 0.2) is 0 Å². The summed E-state index contributed by atoms with van der Waals surface area (Å²) in [5.41, 5.74) is 2.83. The number of nitrogens with zero attached hydrogens (tertiary/aromatic N) is 2. The summed E-state index contributed by atoms with van der Waals surface area (Å²) in [4.78, 5) is 4.68. The summed E-state index contributed by atoms with van der Waals surface area (Å²) in [6.45, 7) is 0.816. The Morgan fingerprint density at radius 3 is 2.52 bits per heavy atom. The average Bonchev–Trinajstić information content (AvgIpc) is 3.22. The van der Waals surface area contributed by atoms with Crippen LogP contribution in [0.3, 0.4) is 0 Å². The minimum Gasteiger partial charge on any atom is -0.497 e. The topological polar surface area (TPSA) is 68.3 Å². The molecule has 1 heterocycles. The fourth-order valence-electron chi connectivity index (χ4n) is 5.15. The van der Waals surface area contributed by atoms with Crippen molar-refractivity contribution in [2.45, 2.75) is 50.7 Å². The normalized spacial score (nSPS) is 23.6. The molecule has 6 nitrogen and oxygen atoms in total. The van der Waals surface area contributed by atoms with Crippen LogP contribution in [0.5, 0.6) is 11.5 Å². The van der Waals surface area contributed by atoms with Crippen LogP contribution >= 0.6 is 23.1 Å². The maximum atomic E-state index is 5.96. The van der Waals surface area contributed by atoms with Crippen LogP contribution in [0.4, 0.5) is 5.13 Å². The number of anilines is 1. The second kappa shape index (κ2) is 9.49. The van der Waals surface area contributed by atoms with E-state index >= 15 is 0 Å². The molecular formula is C25H29ClN4O2S. The third kappa shape index (κ3) is 5.10. The number of hydrogen-bond donors (Lipinski definition) is 2. The van der Waals surface area contributed by atoms with Crippen LogP contribution in [-0.2, 0) is 13.0 Å². The van der Waals surface area contributed by atoms with E-state index in [1.54, 1.807) is 14.2 Å². The first-order chi connectivity index (χ1) is 16.0. The molecule has 174 valence electrons. The number of benzene rings is 2. The van der Waals surface area contributed by atoms with Gasteiger partial charge in [-0.05, 0) is 54.9 Å². The van der Waals surface area contributed by atoms with Crippen LogP contribution in [0.2, 0.25) is 5.02 Å². The maximum absolute atomic E-state index is 5.96. The Labute approximate surface area is 203 Å². The van der Waals surface area contributed by atoms with E-state index in [0.29, 0.717) is 17.5 Å². The molecule has 33 heavy (non-hydrogen) atoms. The molecule has 1 spiro atoms. The number of methoxy groups -OCH3 is 2. The van der Waals surface area contributed by atoms with Crippen molar-refractivity contribution >= 4 is 28.3 Å². The molecule has 2 aliphatic carbocycles. The van der Waals surface area contributed by atoms with Crippen molar-refractivity contribution in [2.75, 3.05) is 19.5 Å².